The Morgan fingerprint density at radius 3 is 2.47 bits per heavy atom. The van der Waals surface area contributed by atoms with Crippen LogP contribution in [0, 0.1) is 11.8 Å². The average Bonchev–Trinajstić information content (AvgIpc) is 2.57. The maximum absolute atomic E-state index is 11.5. The third kappa shape index (κ3) is 3.89. The number of hydrogen-bond donors (Lipinski definition) is 4. The van der Waals surface area contributed by atoms with E-state index in [1.54, 1.807) is 0 Å². The van der Waals surface area contributed by atoms with Gasteiger partial charge in [0.1, 0.15) is 0 Å². The van der Waals surface area contributed by atoms with E-state index in [0.29, 0.717) is 11.8 Å². The van der Waals surface area contributed by atoms with Crippen molar-refractivity contribution >= 4 is 12.0 Å². The number of amides is 2. The molecule has 98 valence electrons. The summed E-state index contributed by atoms with van der Waals surface area (Å²) in [6.45, 7) is 3.96. The molecule has 4 atom stereocenters. The van der Waals surface area contributed by atoms with Gasteiger partial charge in [-0.2, -0.15) is 0 Å². The number of nitrogens with one attached hydrogen (secondary N) is 2. The molecule has 0 spiro atoms. The largest absolute Gasteiger partial charge is 0.479 e. The lowest BCUT2D eigenvalue weighted by Crippen LogP contribution is -2.46. The molecule has 1 saturated carbocycles. The van der Waals surface area contributed by atoms with Gasteiger partial charge in [0.2, 0.25) is 0 Å². The van der Waals surface area contributed by atoms with Crippen LogP contribution in [0.2, 0.25) is 0 Å². The molecule has 1 rings (SSSR count). The van der Waals surface area contributed by atoms with Crippen molar-refractivity contribution < 1.29 is 19.8 Å². The average molecular weight is 244 g/mol. The van der Waals surface area contributed by atoms with E-state index in [0.717, 1.165) is 12.8 Å². The fourth-order valence-electron chi connectivity index (χ4n) is 2.06. The number of carboxylic acid groups (broad SMARTS) is 1. The van der Waals surface area contributed by atoms with Crippen molar-refractivity contribution in [2.45, 2.75) is 38.8 Å². The number of aliphatic hydroxyl groups is 1. The summed E-state index contributed by atoms with van der Waals surface area (Å²) in [6, 6.07) is -0.289. The van der Waals surface area contributed by atoms with E-state index >= 15 is 0 Å². The fourth-order valence-corrected chi connectivity index (χ4v) is 2.06. The van der Waals surface area contributed by atoms with E-state index in [9.17, 15) is 9.59 Å². The molecule has 1 fully saturated rings. The molecule has 0 aliphatic heterocycles. The molecule has 0 radical (unpaired) electrons. The van der Waals surface area contributed by atoms with Gasteiger partial charge in [-0.15, -0.1) is 0 Å². The first-order chi connectivity index (χ1) is 7.91. The molecule has 0 aromatic carbocycles. The summed E-state index contributed by atoms with van der Waals surface area (Å²) in [6.07, 6.45) is 0.474. The molecule has 0 saturated heterocycles. The Labute approximate surface area is 100 Å². The number of hydrogen-bond acceptors (Lipinski definition) is 3. The molecule has 17 heavy (non-hydrogen) atoms. The van der Waals surface area contributed by atoms with Crippen molar-refractivity contribution in [3.8, 4) is 0 Å². The second kappa shape index (κ2) is 5.86. The van der Waals surface area contributed by atoms with E-state index in [1.165, 1.54) is 0 Å². The Hall–Kier alpha value is -1.30. The number of rotatable bonds is 4. The van der Waals surface area contributed by atoms with Gasteiger partial charge in [0.05, 0.1) is 6.54 Å². The highest BCUT2D eigenvalue weighted by Gasteiger charge is 2.30. The molecule has 6 heteroatoms. The Morgan fingerprint density at radius 1 is 1.35 bits per heavy atom. The SMILES string of the molecule is CC1CCC(NC(=O)NC[C@H](O)C(=O)O)C1C. The standard InChI is InChI=1S/C11H20N2O4/c1-6-3-4-8(7(6)2)13-11(17)12-5-9(14)10(15)16/h6-9,14H,3-5H2,1-2H3,(H,15,16)(H2,12,13,17)/t6?,7?,8?,9-/m0/s1. The van der Waals surface area contributed by atoms with Gasteiger partial charge in [-0.25, -0.2) is 9.59 Å². The van der Waals surface area contributed by atoms with Gasteiger partial charge in [0.25, 0.3) is 0 Å². The molecular weight excluding hydrogens is 224 g/mol. The van der Waals surface area contributed by atoms with Gasteiger partial charge in [0.15, 0.2) is 6.10 Å². The molecule has 3 unspecified atom stereocenters. The molecule has 6 nitrogen and oxygen atoms in total. The number of aliphatic hydroxyl groups excluding tert-OH is 1. The van der Waals surface area contributed by atoms with Gasteiger partial charge < -0.3 is 20.8 Å². The first kappa shape index (κ1) is 13.8. The van der Waals surface area contributed by atoms with Crippen molar-refractivity contribution in [2.24, 2.45) is 11.8 Å². The van der Waals surface area contributed by atoms with Gasteiger partial charge in [-0.1, -0.05) is 13.8 Å². The third-order valence-corrected chi connectivity index (χ3v) is 3.52. The van der Waals surface area contributed by atoms with E-state index in [1.807, 2.05) is 0 Å². The molecule has 0 bridgehead atoms. The van der Waals surface area contributed by atoms with Gasteiger partial charge in [0, 0.05) is 6.04 Å². The molecule has 0 aromatic rings. The quantitative estimate of drug-likeness (QED) is 0.566. The first-order valence-electron chi connectivity index (χ1n) is 5.87. The second-order valence-corrected chi connectivity index (χ2v) is 4.73. The maximum atomic E-state index is 11.5. The maximum Gasteiger partial charge on any atom is 0.334 e. The zero-order valence-corrected chi connectivity index (χ0v) is 10.1. The van der Waals surface area contributed by atoms with Crippen LogP contribution in [-0.2, 0) is 4.79 Å². The van der Waals surface area contributed by atoms with E-state index in [2.05, 4.69) is 24.5 Å². The summed E-state index contributed by atoms with van der Waals surface area (Å²) in [7, 11) is 0. The minimum absolute atomic E-state index is 0.131. The Morgan fingerprint density at radius 2 is 2.00 bits per heavy atom. The molecule has 1 aliphatic rings. The number of aliphatic carboxylic acids is 1. The summed E-state index contributed by atoms with van der Waals surface area (Å²) in [5.74, 6) is -0.330. The predicted octanol–water partition coefficient (Wildman–Crippen LogP) is 0.166. The lowest BCUT2D eigenvalue weighted by atomic mass is 9.98. The molecular formula is C11H20N2O4. The van der Waals surface area contributed by atoms with E-state index < -0.39 is 18.1 Å². The van der Waals surface area contributed by atoms with Crippen molar-refractivity contribution in [3.63, 3.8) is 0 Å². The van der Waals surface area contributed by atoms with E-state index in [-0.39, 0.29) is 12.6 Å². The van der Waals surface area contributed by atoms with Crippen LogP contribution in [0.4, 0.5) is 4.79 Å². The highest BCUT2D eigenvalue weighted by atomic mass is 16.4. The minimum Gasteiger partial charge on any atom is -0.479 e. The summed E-state index contributed by atoms with van der Waals surface area (Å²) in [4.78, 5) is 21.8. The smallest absolute Gasteiger partial charge is 0.334 e. The summed E-state index contributed by atoms with van der Waals surface area (Å²) >= 11 is 0. The highest BCUT2D eigenvalue weighted by Crippen LogP contribution is 2.30. The topological polar surface area (TPSA) is 98.7 Å². The lowest BCUT2D eigenvalue weighted by molar-refractivity contribution is -0.146. The second-order valence-electron chi connectivity index (χ2n) is 4.73. The van der Waals surface area contributed by atoms with Crippen LogP contribution in [0.1, 0.15) is 26.7 Å². The zero-order valence-electron chi connectivity index (χ0n) is 10.1. The lowest BCUT2D eigenvalue weighted by Gasteiger charge is -2.20. The van der Waals surface area contributed by atoms with Crippen molar-refractivity contribution in [1.29, 1.82) is 0 Å². The molecule has 2 amide bonds. The summed E-state index contributed by atoms with van der Waals surface area (Å²) in [5.41, 5.74) is 0. The monoisotopic (exact) mass is 244 g/mol. The number of carbonyl (C=O) groups excluding carboxylic acids is 1. The van der Waals surface area contributed by atoms with Gasteiger partial charge in [-0.3, -0.25) is 0 Å². The fraction of sp³-hybridized carbons (Fsp3) is 0.818. The number of carbonyl (C=O) groups is 2. The van der Waals surface area contributed by atoms with Crippen LogP contribution < -0.4 is 10.6 Å². The highest BCUT2D eigenvalue weighted by molar-refractivity contribution is 5.76. The minimum atomic E-state index is -1.55. The van der Waals surface area contributed by atoms with Crippen LogP contribution in [-0.4, -0.2) is 40.9 Å². The van der Waals surface area contributed by atoms with Crippen LogP contribution in [0.25, 0.3) is 0 Å². The van der Waals surface area contributed by atoms with E-state index in [4.69, 9.17) is 10.2 Å². The van der Waals surface area contributed by atoms with Crippen LogP contribution in [0.5, 0.6) is 0 Å². The van der Waals surface area contributed by atoms with Gasteiger partial charge in [-0.05, 0) is 24.7 Å². The molecule has 0 heterocycles. The van der Waals surface area contributed by atoms with Gasteiger partial charge >= 0.3 is 12.0 Å². The molecule has 0 aromatic heterocycles. The number of urea groups is 1. The Bertz CT molecular complexity index is 295. The Balaban J connectivity index is 2.28. The summed E-state index contributed by atoms with van der Waals surface area (Å²) in [5, 5.41) is 22.6. The third-order valence-electron chi connectivity index (χ3n) is 3.52. The first-order valence-corrected chi connectivity index (χ1v) is 5.87. The number of carboxylic acids is 1. The van der Waals surface area contributed by atoms with Crippen LogP contribution in [0.15, 0.2) is 0 Å². The van der Waals surface area contributed by atoms with Crippen molar-refractivity contribution in [2.75, 3.05) is 6.54 Å². The predicted molar refractivity (Wildman–Crippen MR) is 61.5 cm³/mol. The normalized spacial score (nSPS) is 29.7. The van der Waals surface area contributed by atoms with Crippen LogP contribution >= 0.6 is 0 Å². The molecule has 4 N–H and O–H groups in total. The van der Waals surface area contributed by atoms with Crippen molar-refractivity contribution in [3.05, 3.63) is 0 Å². The van der Waals surface area contributed by atoms with Crippen molar-refractivity contribution in [1.82, 2.24) is 10.6 Å². The molecule has 1 aliphatic carbocycles. The zero-order chi connectivity index (χ0) is 13.0. The summed E-state index contributed by atoms with van der Waals surface area (Å²) < 4.78 is 0. The Kier molecular flexibility index (Phi) is 4.74. The van der Waals surface area contributed by atoms with Crippen LogP contribution in [0.3, 0.4) is 0 Å².